The monoisotopic (exact) mass is 236 g/mol. The summed E-state index contributed by atoms with van der Waals surface area (Å²) >= 11 is 0. The molecule has 3 rings (SSSR count). The van der Waals surface area contributed by atoms with Crippen LogP contribution in [0.5, 0.6) is 0 Å². The summed E-state index contributed by atoms with van der Waals surface area (Å²) in [5.41, 5.74) is 0.997. The minimum atomic E-state index is -0.311. The van der Waals surface area contributed by atoms with Crippen molar-refractivity contribution in [2.24, 2.45) is 22.2 Å². The second kappa shape index (κ2) is 2.97. The third kappa shape index (κ3) is 1.14. The van der Waals surface area contributed by atoms with Gasteiger partial charge < -0.3 is 10.2 Å². The molecule has 3 fully saturated rings. The van der Waals surface area contributed by atoms with Crippen molar-refractivity contribution in [3.05, 3.63) is 12.2 Å². The molecule has 3 aliphatic carbocycles. The van der Waals surface area contributed by atoms with E-state index in [1.807, 2.05) is 0 Å². The fourth-order valence-electron chi connectivity index (χ4n) is 5.21. The van der Waals surface area contributed by atoms with Crippen LogP contribution in [0, 0.1) is 22.2 Å². The van der Waals surface area contributed by atoms with Gasteiger partial charge in [-0.05, 0) is 37.0 Å². The predicted octanol–water partition coefficient (Wildman–Crippen LogP) is 2.50. The standard InChI is InChI=1S/C15H24O2/c1-9-14(4)6-5-11(16)15(9)8-13(2,3)7-10(15)12(14)17/h10-12,16-17H,1,5-8H2,2-4H3/t10-,11-,12+,14+,15-/m1/s1. The highest BCUT2D eigenvalue weighted by molar-refractivity contribution is 5.37. The van der Waals surface area contributed by atoms with E-state index in [1.54, 1.807) is 0 Å². The maximum absolute atomic E-state index is 10.7. The third-order valence-electron chi connectivity index (χ3n) is 6.02. The van der Waals surface area contributed by atoms with Crippen molar-refractivity contribution < 1.29 is 10.2 Å². The Hall–Kier alpha value is -0.340. The van der Waals surface area contributed by atoms with Crippen LogP contribution in [0.25, 0.3) is 0 Å². The van der Waals surface area contributed by atoms with Crippen LogP contribution in [0.3, 0.4) is 0 Å². The highest BCUT2D eigenvalue weighted by atomic mass is 16.3. The van der Waals surface area contributed by atoms with Gasteiger partial charge in [0.25, 0.3) is 0 Å². The van der Waals surface area contributed by atoms with Gasteiger partial charge in [0.05, 0.1) is 12.2 Å². The summed E-state index contributed by atoms with van der Waals surface area (Å²) in [6.45, 7) is 10.9. The first-order valence-corrected chi connectivity index (χ1v) is 6.80. The van der Waals surface area contributed by atoms with Crippen LogP contribution < -0.4 is 0 Å². The van der Waals surface area contributed by atoms with Gasteiger partial charge in [0.2, 0.25) is 0 Å². The van der Waals surface area contributed by atoms with Gasteiger partial charge in [0, 0.05) is 10.8 Å². The highest BCUT2D eigenvalue weighted by Crippen LogP contribution is 2.72. The van der Waals surface area contributed by atoms with E-state index in [4.69, 9.17) is 0 Å². The minimum Gasteiger partial charge on any atom is -0.392 e. The molecule has 3 aliphatic rings. The van der Waals surface area contributed by atoms with Crippen LogP contribution in [0.15, 0.2) is 12.2 Å². The average molecular weight is 236 g/mol. The molecule has 2 heteroatoms. The molecule has 0 heterocycles. The first-order chi connectivity index (χ1) is 7.74. The first-order valence-electron chi connectivity index (χ1n) is 6.80. The van der Waals surface area contributed by atoms with Gasteiger partial charge in [-0.1, -0.05) is 32.9 Å². The molecule has 0 saturated heterocycles. The lowest BCUT2D eigenvalue weighted by Crippen LogP contribution is -2.42. The number of aliphatic hydroxyl groups is 2. The normalized spacial score (nSPS) is 56.1. The van der Waals surface area contributed by atoms with Crippen LogP contribution in [-0.2, 0) is 0 Å². The molecule has 0 aliphatic heterocycles. The van der Waals surface area contributed by atoms with E-state index >= 15 is 0 Å². The molecule has 0 aromatic rings. The highest BCUT2D eigenvalue weighted by Gasteiger charge is 2.70. The van der Waals surface area contributed by atoms with E-state index < -0.39 is 0 Å². The van der Waals surface area contributed by atoms with Crippen LogP contribution in [-0.4, -0.2) is 22.4 Å². The largest absolute Gasteiger partial charge is 0.392 e. The Morgan fingerprint density at radius 1 is 1.24 bits per heavy atom. The van der Waals surface area contributed by atoms with E-state index in [0.717, 1.165) is 31.3 Å². The van der Waals surface area contributed by atoms with Gasteiger partial charge in [0.1, 0.15) is 0 Å². The van der Waals surface area contributed by atoms with Crippen molar-refractivity contribution in [1.29, 1.82) is 0 Å². The maximum atomic E-state index is 10.7. The number of fused-ring (bicyclic) bond motifs is 1. The Morgan fingerprint density at radius 3 is 2.53 bits per heavy atom. The molecule has 1 spiro atoms. The summed E-state index contributed by atoms with van der Waals surface area (Å²) in [6.07, 6.45) is 3.09. The van der Waals surface area contributed by atoms with Gasteiger partial charge >= 0.3 is 0 Å². The Morgan fingerprint density at radius 2 is 1.88 bits per heavy atom. The Bertz CT molecular complexity index is 386. The van der Waals surface area contributed by atoms with E-state index in [2.05, 4.69) is 27.4 Å². The summed E-state index contributed by atoms with van der Waals surface area (Å²) in [4.78, 5) is 0. The molecule has 2 N–H and O–H groups in total. The lowest BCUT2D eigenvalue weighted by molar-refractivity contribution is 0.00697. The number of aliphatic hydroxyl groups excluding tert-OH is 2. The SMILES string of the molecule is C=C1[C@]23CC(C)(C)C[C@@H]2[C@H](O)[C@@]1(C)CC[C@H]3O. The molecule has 0 aromatic carbocycles. The van der Waals surface area contributed by atoms with Gasteiger partial charge in [-0.25, -0.2) is 0 Å². The Balaban J connectivity index is 2.14. The molecule has 0 radical (unpaired) electrons. The van der Waals surface area contributed by atoms with Crippen molar-refractivity contribution in [2.45, 2.75) is 58.7 Å². The number of hydrogen-bond acceptors (Lipinski definition) is 2. The van der Waals surface area contributed by atoms with E-state index in [0.29, 0.717) is 0 Å². The summed E-state index contributed by atoms with van der Waals surface area (Å²) in [7, 11) is 0. The average Bonchev–Trinajstić information content (AvgIpc) is 2.58. The van der Waals surface area contributed by atoms with Crippen LogP contribution >= 0.6 is 0 Å². The van der Waals surface area contributed by atoms with E-state index in [9.17, 15) is 10.2 Å². The number of hydrogen-bond donors (Lipinski definition) is 2. The zero-order valence-corrected chi connectivity index (χ0v) is 11.2. The minimum absolute atomic E-state index is 0.152. The Labute approximate surface area is 104 Å². The molecular weight excluding hydrogens is 212 g/mol. The zero-order chi connectivity index (χ0) is 12.6. The first kappa shape index (κ1) is 11.7. The molecule has 3 saturated carbocycles. The van der Waals surface area contributed by atoms with Crippen molar-refractivity contribution in [1.82, 2.24) is 0 Å². The quantitative estimate of drug-likeness (QED) is 0.634. The molecule has 0 aromatic heterocycles. The third-order valence-corrected chi connectivity index (χ3v) is 6.02. The molecule has 17 heavy (non-hydrogen) atoms. The van der Waals surface area contributed by atoms with Gasteiger partial charge in [-0.3, -0.25) is 0 Å². The van der Waals surface area contributed by atoms with Crippen molar-refractivity contribution in [2.75, 3.05) is 0 Å². The van der Waals surface area contributed by atoms with Crippen LogP contribution in [0.4, 0.5) is 0 Å². The molecule has 2 bridgehead atoms. The van der Waals surface area contributed by atoms with Crippen molar-refractivity contribution in [3.8, 4) is 0 Å². The molecule has 0 amide bonds. The molecular formula is C15H24O2. The fraction of sp³-hybridized carbons (Fsp3) is 0.867. The summed E-state index contributed by atoms with van der Waals surface area (Å²) in [6, 6.07) is 0. The maximum Gasteiger partial charge on any atom is 0.0668 e. The molecule has 2 nitrogen and oxygen atoms in total. The topological polar surface area (TPSA) is 40.5 Å². The molecule has 96 valence electrons. The summed E-state index contributed by atoms with van der Waals surface area (Å²) in [5, 5.41) is 21.2. The molecule has 5 atom stereocenters. The zero-order valence-electron chi connectivity index (χ0n) is 11.2. The fourth-order valence-corrected chi connectivity index (χ4v) is 5.21. The summed E-state index contributed by atoms with van der Waals surface area (Å²) in [5.74, 6) is 0.215. The van der Waals surface area contributed by atoms with Gasteiger partial charge in [-0.2, -0.15) is 0 Å². The lowest BCUT2D eigenvalue weighted by Gasteiger charge is -2.44. The van der Waals surface area contributed by atoms with E-state index in [1.165, 1.54) is 0 Å². The van der Waals surface area contributed by atoms with Gasteiger partial charge in [-0.15, -0.1) is 0 Å². The second-order valence-electron chi connectivity index (χ2n) is 7.59. The molecule has 0 unspecified atom stereocenters. The second-order valence-corrected chi connectivity index (χ2v) is 7.59. The smallest absolute Gasteiger partial charge is 0.0668 e. The van der Waals surface area contributed by atoms with Crippen molar-refractivity contribution >= 4 is 0 Å². The van der Waals surface area contributed by atoms with Crippen LogP contribution in [0.1, 0.15) is 46.5 Å². The lowest BCUT2D eigenvalue weighted by atomic mass is 9.62. The Kier molecular flexibility index (Phi) is 2.05. The predicted molar refractivity (Wildman–Crippen MR) is 67.4 cm³/mol. The van der Waals surface area contributed by atoms with Crippen molar-refractivity contribution in [3.63, 3.8) is 0 Å². The van der Waals surface area contributed by atoms with E-state index in [-0.39, 0.29) is 34.4 Å². The van der Waals surface area contributed by atoms with Crippen LogP contribution in [0.2, 0.25) is 0 Å². The number of rotatable bonds is 0. The summed E-state index contributed by atoms with van der Waals surface area (Å²) < 4.78 is 0. The van der Waals surface area contributed by atoms with Gasteiger partial charge in [0.15, 0.2) is 0 Å².